The van der Waals surface area contributed by atoms with Gasteiger partial charge in [-0.2, -0.15) is 0 Å². The van der Waals surface area contributed by atoms with E-state index in [-0.39, 0.29) is 0 Å². The summed E-state index contributed by atoms with van der Waals surface area (Å²) < 4.78 is 5.42. The Morgan fingerprint density at radius 3 is 2.35 bits per heavy atom. The average molecular weight is 282 g/mol. The summed E-state index contributed by atoms with van der Waals surface area (Å²) in [7, 11) is 1.41. The topological polar surface area (TPSA) is 59.9 Å². The fourth-order valence-electron chi connectivity index (χ4n) is 1.24. The summed E-state index contributed by atoms with van der Waals surface area (Å²) in [6.07, 6.45) is 0.542. The number of amides is 1. The highest BCUT2D eigenvalue weighted by atomic mass is 16.6. The molecule has 5 heteroatoms. The Morgan fingerprint density at radius 2 is 1.85 bits per heavy atom. The molecule has 0 atom stereocenters. The third-order valence-electron chi connectivity index (χ3n) is 1.82. The first-order valence-electron chi connectivity index (χ1n) is 6.87. The van der Waals surface area contributed by atoms with Crippen LogP contribution in [0.5, 0.6) is 5.75 Å². The maximum Gasteiger partial charge on any atom is 0.212 e. The quantitative estimate of drug-likeness (QED) is 0.390. The second-order valence-electron chi connectivity index (χ2n) is 2.81. The minimum Gasteiger partial charge on any atom is -0.493 e. The SMILES string of the molecule is CC.CC.CCOc1ccccc1/C(=N/OC)NC=O. The van der Waals surface area contributed by atoms with Crippen LogP contribution < -0.4 is 10.1 Å². The van der Waals surface area contributed by atoms with Crippen molar-refractivity contribution < 1.29 is 14.4 Å². The molecule has 20 heavy (non-hydrogen) atoms. The molecule has 0 fully saturated rings. The molecule has 5 nitrogen and oxygen atoms in total. The Hall–Kier alpha value is -2.04. The van der Waals surface area contributed by atoms with E-state index in [0.29, 0.717) is 30.2 Å². The van der Waals surface area contributed by atoms with Gasteiger partial charge in [-0.1, -0.05) is 45.0 Å². The molecular weight excluding hydrogens is 256 g/mol. The Balaban J connectivity index is 0. The average Bonchev–Trinajstić information content (AvgIpc) is 2.52. The molecule has 0 aliphatic heterocycles. The minimum absolute atomic E-state index is 0.321. The molecule has 114 valence electrons. The van der Waals surface area contributed by atoms with E-state index in [1.807, 2.05) is 46.8 Å². The van der Waals surface area contributed by atoms with Crippen LogP contribution in [0.1, 0.15) is 40.2 Å². The molecule has 0 aromatic heterocycles. The van der Waals surface area contributed by atoms with Crippen molar-refractivity contribution in [2.24, 2.45) is 5.16 Å². The van der Waals surface area contributed by atoms with E-state index in [4.69, 9.17) is 4.74 Å². The van der Waals surface area contributed by atoms with Crippen LogP contribution in [0.25, 0.3) is 0 Å². The largest absolute Gasteiger partial charge is 0.493 e. The van der Waals surface area contributed by atoms with Gasteiger partial charge < -0.3 is 14.9 Å². The van der Waals surface area contributed by atoms with Crippen molar-refractivity contribution in [1.82, 2.24) is 5.32 Å². The van der Waals surface area contributed by atoms with Gasteiger partial charge >= 0.3 is 0 Å². The maximum atomic E-state index is 10.4. The predicted molar refractivity (Wildman–Crippen MR) is 83.1 cm³/mol. The number of hydrogen-bond donors (Lipinski definition) is 1. The summed E-state index contributed by atoms with van der Waals surface area (Å²) in [6, 6.07) is 7.27. The number of oxime groups is 1. The van der Waals surface area contributed by atoms with Crippen molar-refractivity contribution in [2.45, 2.75) is 34.6 Å². The van der Waals surface area contributed by atoms with E-state index < -0.39 is 0 Å². The van der Waals surface area contributed by atoms with E-state index >= 15 is 0 Å². The van der Waals surface area contributed by atoms with E-state index in [9.17, 15) is 4.79 Å². The maximum absolute atomic E-state index is 10.4. The van der Waals surface area contributed by atoms with Gasteiger partial charge in [0.25, 0.3) is 0 Å². The second kappa shape index (κ2) is 15.0. The van der Waals surface area contributed by atoms with Gasteiger partial charge in [0, 0.05) is 0 Å². The van der Waals surface area contributed by atoms with Gasteiger partial charge in [0.2, 0.25) is 6.41 Å². The van der Waals surface area contributed by atoms with Gasteiger partial charge in [-0.3, -0.25) is 4.79 Å². The number of carbonyl (C=O) groups excluding carboxylic acids is 1. The van der Waals surface area contributed by atoms with E-state index in [1.165, 1.54) is 7.11 Å². The fourth-order valence-corrected chi connectivity index (χ4v) is 1.24. The molecule has 1 rings (SSSR count). The van der Waals surface area contributed by atoms with Crippen LogP contribution >= 0.6 is 0 Å². The van der Waals surface area contributed by atoms with Crippen LogP contribution in [0.4, 0.5) is 0 Å². The third kappa shape index (κ3) is 7.41. The highest BCUT2D eigenvalue weighted by molar-refractivity contribution is 6.05. The van der Waals surface area contributed by atoms with Gasteiger partial charge in [-0.15, -0.1) is 0 Å². The predicted octanol–water partition coefficient (Wildman–Crippen LogP) is 3.19. The zero-order valence-electron chi connectivity index (χ0n) is 13.3. The number of hydrogen-bond acceptors (Lipinski definition) is 4. The van der Waals surface area contributed by atoms with Crippen molar-refractivity contribution in [3.63, 3.8) is 0 Å². The number of amidine groups is 1. The monoisotopic (exact) mass is 282 g/mol. The summed E-state index contributed by atoms with van der Waals surface area (Å²) in [5.41, 5.74) is 0.679. The molecule has 1 aromatic rings. The van der Waals surface area contributed by atoms with Gasteiger partial charge in [0.05, 0.1) is 12.2 Å². The van der Waals surface area contributed by atoms with Gasteiger partial charge in [-0.25, -0.2) is 0 Å². The summed E-state index contributed by atoms with van der Waals surface area (Å²) in [6.45, 7) is 10.4. The first-order valence-corrected chi connectivity index (χ1v) is 6.87. The van der Waals surface area contributed by atoms with Crippen LogP contribution in [0, 0.1) is 0 Å². The summed E-state index contributed by atoms with van der Waals surface area (Å²) in [5.74, 6) is 0.969. The standard InChI is InChI=1S/C11H14N2O3.2C2H6/c1-3-16-10-7-5-4-6-9(10)11(12-8-14)13-15-2;2*1-2/h4-8H,3H2,1-2H3,(H,12,13,14);2*1-2H3. The summed E-state index contributed by atoms with van der Waals surface area (Å²) in [4.78, 5) is 15.1. The van der Waals surface area contributed by atoms with Crippen LogP contribution in [0.3, 0.4) is 0 Å². The third-order valence-corrected chi connectivity index (χ3v) is 1.82. The molecular formula is C15H26N2O3. The smallest absolute Gasteiger partial charge is 0.212 e. The molecule has 0 spiro atoms. The van der Waals surface area contributed by atoms with E-state index in [0.717, 1.165) is 0 Å². The van der Waals surface area contributed by atoms with Gasteiger partial charge in [0.15, 0.2) is 5.84 Å². The zero-order chi connectivity index (χ0) is 15.8. The molecule has 0 saturated carbocycles. The minimum atomic E-state index is 0.321. The van der Waals surface area contributed by atoms with Crippen LogP contribution in [0.2, 0.25) is 0 Å². The van der Waals surface area contributed by atoms with E-state index in [1.54, 1.807) is 12.1 Å². The Kier molecular flexibility index (Phi) is 15.2. The molecule has 0 heterocycles. The molecule has 0 unspecified atom stereocenters. The number of carbonyl (C=O) groups is 1. The number of ether oxygens (including phenoxy) is 1. The Labute approximate surface area is 122 Å². The Bertz CT molecular complexity index is 379. The lowest BCUT2D eigenvalue weighted by molar-refractivity contribution is -0.108. The Morgan fingerprint density at radius 1 is 1.25 bits per heavy atom. The van der Waals surface area contributed by atoms with Gasteiger partial charge in [-0.05, 0) is 19.1 Å². The molecule has 0 aliphatic rings. The van der Waals surface area contributed by atoms with E-state index in [2.05, 4.69) is 15.3 Å². The number of benzene rings is 1. The lowest BCUT2D eigenvalue weighted by Gasteiger charge is -2.10. The van der Waals surface area contributed by atoms with Crippen LogP contribution in [-0.4, -0.2) is 26.0 Å². The number of nitrogens with one attached hydrogen (secondary N) is 1. The van der Waals surface area contributed by atoms with Crippen molar-refractivity contribution >= 4 is 12.2 Å². The molecule has 1 amide bonds. The van der Waals surface area contributed by atoms with Crippen molar-refractivity contribution in [3.8, 4) is 5.75 Å². The van der Waals surface area contributed by atoms with Crippen LogP contribution in [-0.2, 0) is 9.63 Å². The summed E-state index contributed by atoms with van der Waals surface area (Å²) >= 11 is 0. The molecule has 1 aromatic carbocycles. The number of nitrogens with zero attached hydrogens (tertiary/aromatic N) is 1. The first kappa shape index (κ1) is 20.3. The molecule has 0 radical (unpaired) electrons. The van der Waals surface area contributed by atoms with Crippen molar-refractivity contribution in [1.29, 1.82) is 0 Å². The highest BCUT2D eigenvalue weighted by Crippen LogP contribution is 2.18. The lowest BCUT2D eigenvalue weighted by Crippen LogP contribution is -2.23. The molecule has 0 bridgehead atoms. The van der Waals surface area contributed by atoms with Crippen molar-refractivity contribution in [3.05, 3.63) is 29.8 Å². The van der Waals surface area contributed by atoms with Crippen molar-refractivity contribution in [2.75, 3.05) is 13.7 Å². The summed E-state index contributed by atoms with van der Waals surface area (Å²) in [5, 5.41) is 6.18. The molecule has 0 saturated heterocycles. The lowest BCUT2D eigenvalue weighted by atomic mass is 10.2. The number of para-hydroxylation sites is 1. The second-order valence-corrected chi connectivity index (χ2v) is 2.81. The fraction of sp³-hybridized carbons (Fsp3) is 0.467. The zero-order valence-corrected chi connectivity index (χ0v) is 13.3. The normalized spacial score (nSPS) is 9.20. The number of rotatable bonds is 5. The van der Waals surface area contributed by atoms with Crippen LogP contribution in [0.15, 0.2) is 29.4 Å². The molecule has 0 aliphatic carbocycles. The highest BCUT2D eigenvalue weighted by Gasteiger charge is 2.09. The first-order chi connectivity index (χ1) is 9.83. The van der Waals surface area contributed by atoms with Gasteiger partial charge in [0.1, 0.15) is 12.9 Å². The molecule has 1 N–H and O–H groups in total.